The van der Waals surface area contributed by atoms with Crippen molar-refractivity contribution < 1.29 is 0 Å². The van der Waals surface area contributed by atoms with Crippen molar-refractivity contribution in [2.24, 2.45) is 0 Å². The second-order valence-corrected chi connectivity index (χ2v) is 7.56. The highest BCUT2D eigenvalue weighted by atomic mass is 14.9. The first kappa shape index (κ1) is 18.9. The molecular weight excluding hydrogens is 374 g/mol. The molecular formula is C30H23N. The van der Waals surface area contributed by atoms with Gasteiger partial charge >= 0.3 is 0 Å². The van der Waals surface area contributed by atoms with Gasteiger partial charge in [0, 0.05) is 16.9 Å². The van der Waals surface area contributed by atoms with Crippen molar-refractivity contribution >= 4 is 11.4 Å². The Morgan fingerprint density at radius 2 is 0.871 bits per heavy atom. The Labute approximate surface area is 183 Å². The van der Waals surface area contributed by atoms with Crippen LogP contribution in [0.1, 0.15) is 0 Å². The summed E-state index contributed by atoms with van der Waals surface area (Å²) in [5.74, 6) is 0. The van der Waals surface area contributed by atoms with Crippen LogP contribution in [0.15, 0.2) is 133 Å². The Balaban J connectivity index is 1.42. The van der Waals surface area contributed by atoms with Crippen LogP contribution in [0, 0.1) is 0 Å². The third kappa shape index (κ3) is 4.26. The van der Waals surface area contributed by atoms with E-state index in [1.165, 1.54) is 33.4 Å². The van der Waals surface area contributed by atoms with Crippen molar-refractivity contribution in [3.8, 4) is 33.4 Å². The first-order valence-corrected chi connectivity index (χ1v) is 10.5. The van der Waals surface area contributed by atoms with Crippen LogP contribution in [0.2, 0.25) is 0 Å². The van der Waals surface area contributed by atoms with Crippen LogP contribution in [-0.2, 0) is 0 Å². The van der Waals surface area contributed by atoms with Gasteiger partial charge in [0.2, 0.25) is 0 Å². The van der Waals surface area contributed by atoms with Gasteiger partial charge in [-0.05, 0) is 46.0 Å². The summed E-state index contributed by atoms with van der Waals surface area (Å²) in [4.78, 5) is 0. The van der Waals surface area contributed by atoms with Crippen LogP contribution in [0.5, 0.6) is 0 Å². The Bertz CT molecular complexity index is 1270. The SMILES string of the molecule is c1ccc(-c2ccc(-c3cccc(Nc4ccccc4-c4ccccc4)c3)cc2)cc1. The number of hydrogen-bond donors (Lipinski definition) is 1. The van der Waals surface area contributed by atoms with E-state index in [2.05, 4.69) is 127 Å². The molecule has 0 aliphatic carbocycles. The molecule has 0 amide bonds. The summed E-state index contributed by atoms with van der Waals surface area (Å²) in [6, 6.07) is 46.8. The van der Waals surface area contributed by atoms with Gasteiger partial charge in [-0.3, -0.25) is 0 Å². The minimum Gasteiger partial charge on any atom is -0.355 e. The quantitative estimate of drug-likeness (QED) is 0.314. The maximum absolute atomic E-state index is 3.62. The van der Waals surface area contributed by atoms with Gasteiger partial charge in [-0.2, -0.15) is 0 Å². The van der Waals surface area contributed by atoms with Crippen LogP contribution in [-0.4, -0.2) is 0 Å². The summed E-state index contributed by atoms with van der Waals surface area (Å²) in [6.45, 7) is 0. The lowest BCUT2D eigenvalue weighted by atomic mass is 10.00. The molecule has 5 rings (SSSR count). The number of benzene rings is 5. The fourth-order valence-corrected chi connectivity index (χ4v) is 3.88. The number of para-hydroxylation sites is 1. The van der Waals surface area contributed by atoms with Gasteiger partial charge in [0.15, 0.2) is 0 Å². The predicted octanol–water partition coefficient (Wildman–Crippen LogP) is 8.43. The van der Waals surface area contributed by atoms with Gasteiger partial charge in [-0.1, -0.05) is 115 Å². The summed E-state index contributed by atoms with van der Waals surface area (Å²) in [7, 11) is 0. The van der Waals surface area contributed by atoms with E-state index in [1.54, 1.807) is 0 Å². The Hall–Kier alpha value is -4.10. The molecule has 0 spiro atoms. The third-order valence-corrected chi connectivity index (χ3v) is 5.48. The number of rotatable bonds is 5. The van der Waals surface area contributed by atoms with E-state index in [4.69, 9.17) is 0 Å². The monoisotopic (exact) mass is 397 g/mol. The van der Waals surface area contributed by atoms with Crippen molar-refractivity contribution in [1.29, 1.82) is 0 Å². The van der Waals surface area contributed by atoms with E-state index in [0.717, 1.165) is 11.4 Å². The first-order chi connectivity index (χ1) is 15.4. The maximum Gasteiger partial charge on any atom is 0.0463 e. The van der Waals surface area contributed by atoms with E-state index in [9.17, 15) is 0 Å². The lowest BCUT2D eigenvalue weighted by molar-refractivity contribution is 1.52. The zero-order valence-corrected chi connectivity index (χ0v) is 17.2. The van der Waals surface area contributed by atoms with Gasteiger partial charge < -0.3 is 5.32 Å². The van der Waals surface area contributed by atoms with Crippen LogP contribution < -0.4 is 5.32 Å². The summed E-state index contributed by atoms with van der Waals surface area (Å²) in [5.41, 5.74) is 9.45. The van der Waals surface area contributed by atoms with E-state index in [-0.39, 0.29) is 0 Å². The lowest BCUT2D eigenvalue weighted by Gasteiger charge is -2.13. The van der Waals surface area contributed by atoms with E-state index < -0.39 is 0 Å². The van der Waals surface area contributed by atoms with Crippen LogP contribution in [0.4, 0.5) is 11.4 Å². The molecule has 1 nitrogen and oxygen atoms in total. The maximum atomic E-state index is 3.62. The fourth-order valence-electron chi connectivity index (χ4n) is 3.88. The molecule has 0 atom stereocenters. The van der Waals surface area contributed by atoms with E-state index in [1.807, 2.05) is 12.1 Å². The molecule has 5 aromatic carbocycles. The second-order valence-electron chi connectivity index (χ2n) is 7.56. The summed E-state index contributed by atoms with van der Waals surface area (Å²) >= 11 is 0. The Kier molecular flexibility index (Phi) is 5.32. The molecule has 0 saturated carbocycles. The van der Waals surface area contributed by atoms with Crippen molar-refractivity contribution in [3.63, 3.8) is 0 Å². The average Bonchev–Trinajstić information content (AvgIpc) is 2.86. The summed E-state index contributed by atoms with van der Waals surface area (Å²) < 4.78 is 0. The standard InChI is InChI=1S/C30H23N/c1-3-10-23(11-4-1)24-18-20-25(21-19-24)27-14-9-15-28(22-27)31-30-17-8-7-16-29(30)26-12-5-2-6-13-26/h1-22,31H. The Morgan fingerprint density at radius 1 is 0.355 bits per heavy atom. The molecule has 5 aromatic rings. The molecule has 0 heterocycles. The van der Waals surface area contributed by atoms with E-state index >= 15 is 0 Å². The topological polar surface area (TPSA) is 12.0 Å². The average molecular weight is 398 g/mol. The highest BCUT2D eigenvalue weighted by Crippen LogP contribution is 2.32. The molecule has 1 heteroatoms. The smallest absolute Gasteiger partial charge is 0.0463 e. The van der Waals surface area contributed by atoms with Crippen LogP contribution in [0.25, 0.3) is 33.4 Å². The van der Waals surface area contributed by atoms with Crippen molar-refractivity contribution in [2.75, 3.05) is 5.32 Å². The zero-order chi connectivity index (χ0) is 20.9. The molecule has 0 radical (unpaired) electrons. The fraction of sp³-hybridized carbons (Fsp3) is 0. The van der Waals surface area contributed by atoms with Gasteiger partial charge in [-0.15, -0.1) is 0 Å². The van der Waals surface area contributed by atoms with Crippen LogP contribution >= 0.6 is 0 Å². The molecule has 31 heavy (non-hydrogen) atoms. The van der Waals surface area contributed by atoms with Crippen molar-refractivity contribution in [1.82, 2.24) is 0 Å². The van der Waals surface area contributed by atoms with Gasteiger partial charge in [-0.25, -0.2) is 0 Å². The number of nitrogens with one attached hydrogen (secondary N) is 1. The second kappa shape index (κ2) is 8.73. The normalized spacial score (nSPS) is 10.6. The van der Waals surface area contributed by atoms with Gasteiger partial charge in [0.25, 0.3) is 0 Å². The molecule has 0 unspecified atom stereocenters. The molecule has 0 fully saturated rings. The minimum atomic E-state index is 1.08. The molecule has 1 N–H and O–H groups in total. The summed E-state index contributed by atoms with van der Waals surface area (Å²) in [5, 5.41) is 3.62. The van der Waals surface area contributed by atoms with Crippen molar-refractivity contribution in [2.45, 2.75) is 0 Å². The molecule has 0 bridgehead atoms. The number of hydrogen-bond acceptors (Lipinski definition) is 1. The zero-order valence-electron chi connectivity index (χ0n) is 17.2. The Morgan fingerprint density at radius 3 is 1.58 bits per heavy atom. The van der Waals surface area contributed by atoms with E-state index in [0.29, 0.717) is 0 Å². The lowest BCUT2D eigenvalue weighted by Crippen LogP contribution is -1.93. The molecule has 0 aliphatic heterocycles. The molecule has 148 valence electrons. The molecule has 0 aromatic heterocycles. The first-order valence-electron chi connectivity index (χ1n) is 10.5. The molecule has 0 saturated heterocycles. The van der Waals surface area contributed by atoms with Crippen molar-refractivity contribution in [3.05, 3.63) is 133 Å². The highest BCUT2D eigenvalue weighted by molar-refractivity contribution is 5.82. The van der Waals surface area contributed by atoms with Gasteiger partial charge in [0.05, 0.1) is 0 Å². The van der Waals surface area contributed by atoms with Gasteiger partial charge in [0.1, 0.15) is 0 Å². The minimum absolute atomic E-state index is 1.08. The predicted molar refractivity (Wildman–Crippen MR) is 132 cm³/mol. The summed E-state index contributed by atoms with van der Waals surface area (Å²) in [6.07, 6.45) is 0. The largest absolute Gasteiger partial charge is 0.355 e. The highest BCUT2D eigenvalue weighted by Gasteiger charge is 2.06. The van der Waals surface area contributed by atoms with Crippen LogP contribution in [0.3, 0.4) is 0 Å². The number of anilines is 2. The molecule has 0 aliphatic rings. The third-order valence-electron chi connectivity index (χ3n) is 5.48.